The van der Waals surface area contributed by atoms with Gasteiger partial charge in [-0.15, -0.1) is 0 Å². The van der Waals surface area contributed by atoms with Gasteiger partial charge < -0.3 is 20.5 Å². The molecule has 1 saturated heterocycles. The molecule has 1 aliphatic rings. The molecule has 29 heavy (non-hydrogen) atoms. The molecule has 11 nitrogen and oxygen atoms in total. The third-order valence-corrected chi connectivity index (χ3v) is 4.55. The Labute approximate surface area is 167 Å². The number of aromatic nitrogens is 4. The van der Waals surface area contributed by atoms with Crippen molar-refractivity contribution >= 4 is 23.5 Å². The number of ether oxygens (including phenoxy) is 1. The third kappa shape index (κ3) is 5.19. The molecule has 2 amide bonds. The summed E-state index contributed by atoms with van der Waals surface area (Å²) in [7, 11) is 0. The SMILES string of the molecule is CCn1cc(NC(=O)c2ccnn2CCC(=O)O)c(C(=O)NCC2CCCO2)n1. The fraction of sp³-hybridized carbons (Fsp3) is 0.500. The number of carbonyl (C=O) groups excluding carboxylic acids is 2. The predicted octanol–water partition coefficient (Wildman–Crippen LogP) is 0.735. The second-order valence-corrected chi connectivity index (χ2v) is 6.63. The van der Waals surface area contributed by atoms with Crippen LogP contribution in [0.15, 0.2) is 18.5 Å². The maximum Gasteiger partial charge on any atom is 0.305 e. The molecule has 1 atom stereocenters. The standard InChI is InChI=1S/C18H24N6O5/c1-2-23-11-13(16(22-23)18(28)19-10-12-4-3-9-29-12)21-17(27)14-5-7-20-24(14)8-6-15(25)26/h5,7,11-12H,2-4,6,8-10H2,1H3,(H,19,28)(H,21,27)(H,25,26). The Bertz CT molecular complexity index is 883. The van der Waals surface area contributed by atoms with Crippen molar-refractivity contribution in [3.05, 3.63) is 29.8 Å². The van der Waals surface area contributed by atoms with Crippen molar-refractivity contribution in [1.82, 2.24) is 24.9 Å². The molecule has 0 saturated carbocycles. The molecule has 0 radical (unpaired) electrons. The van der Waals surface area contributed by atoms with Crippen molar-refractivity contribution in [2.24, 2.45) is 0 Å². The Kier molecular flexibility index (Phi) is 6.60. The molecule has 0 aromatic carbocycles. The highest BCUT2D eigenvalue weighted by Gasteiger charge is 2.22. The summed E-state index contributed by atoms with van der Waals surface area (Å²) in [6.45, 7) is 3.54. The fourth-order valence-electron chi connectivity index (χ4n) is 3.03. The molecule has 3 N–H and O–H groups in total. The molecule has 0 bridgehead atoms. The molecule has 0 aliphatic carbocycles. The van der Waals surface area contributed by atoms with Gasteiger partial charge in [0.1, 0.15) is 5.69 Å². The van der Waals surface area contributed by atoms with E-state index in [1.165, 1.54) is 16.9 Å². The quantitative estimate of drug-likeness (QED) is 0.560. The average molecular weight is 404 g/mol. The summed E-state index contributed by atoms with van der Waals surface area (Å²) < 4.78 is 8.37. The van der Waals surface area contributed by atoms with Gasteiger partial charge in [-0.3, -0.25) is 23.7 Å². The van der Waals surface area contributed by atoms with E-state index in [0.717, 1.165) is 12.8 Å². The third-order valence-electron chi connectivity index (χ3n) is 4.55. The Hall–Kier alpha value is -3.21. The number of nitrogens with one attached hydrogen (secondary N) is 2. The number of hydrogen-bond donors (Lipinski definition) is 3. The maximum atomic E-state index is 12.7. The number of amides is 2. The van der Waals surface area contributed by atoms with Crippen LogP contribution in [0.2, 0.25) is 0 Å². The van der Waals surface area contributed by atoms with Gasteiger partial charge in [0.2, 0.25) is 0 Å². The van der Waals surface area contributed by atoms with Gasteiger partial charge in [0.15, 0.2) is 5.69 Å². The zero-order valence-corrected chi connectivity index (χ0v) is 16.1. The van der Waals surface area contributed by atoms with E-state index >= 15 is 0 Å². The van der Waals surface area contributed by atoms with Crippen LogP contribution in [0.4, 0.5) is 5.69 Å². The van der Waals surface area contributed by atoms with E-state index in [9.17, 15) is 14.4 Å². The smallest absolute Gasteiger partial charge is 0.305 e. The average Bonchev–Trinajstić information content (AvgIpc) is 3.44. The van der Waals surface area contributed by atoms with E-state index in [4.69, 9.17) is 9.84 Å². The highest BCUT2D eigenvalue weighted by Crippen LogP contribution is 2.17. The van der Waals surface area contributed by atoms with Crippen LogP contribution in [-0.4, -0.2) is 61.7 Å². The van der Waals surface area contributed by atoms with E-state index in [1.54, 1.807) is 10.9 Å². The first-order valence-electron chi connectivity index (χ1n) is 9.50. The number of anilines is 1. The van der Waals surface area contributed by atoms with Gasteiger partial charge >= 0.3 is 5.97 Å². The van der Waals surface area contributed by atoms with Gasteiger partial charge in [0.25, 0.3) is 11.8 Å². The summed E-state index contributed by atoms with van der Waals surface area (Å²) in [5.41, 5.74) is 0.573. The lowest BCUT2D eigenvalue weighted by atomic mass is 10.2. The highest BCUT2D eigenvalue weighted by molar-refractivity contribution is 6.07. The summed E-state index contributed by atoms with van der Waals surface area (Å²) in [6, 6.07) is 1.48. The lowest BCUT2D eigenvalue weighted by Gasteiger charge is -2.11. The molecule has 1 unspecified atom stereocenters. The molecule has 3 heterocycles. The molecule has 156 valence electrons. The lowest BCUT2D eigenvalue weighted by molar-refractivity contribution is -0.137. The van der Waals surface area contributed by atoms with Crippen LogP contribution in [0.5, 0.6) is 0 Å². The van der Waals surface area contributed by atoms with E-state index in [2.05, 4.69) is 20.8 Å². The van der Waals surface area contributed by atoms with Gasteiger partial charge in [-0.25, -0.2) is 0 Å². The highest BCUT2D eigenvalue weighted by atomic mass is 16.5. The van der Waals surface area contributed by atoms with E-state index in [-0.39, 0.29) is 36.1 Å². The summed E-state index contributed by atoms with van der Waals surface area (Å²) in [4.78, 5) is 36.0. The van der Waals surface area contributed by atoms with Crippen LogP contribution < -0.4 is 10.6 Å². The zero-order valence-electron chi connectivity index (χ0n) is 16.1. The molecule has 2 aromatic heterocycles. The summed E-state index contributed by atoms with van der Waals surface area (Å²) in [5, 5.41) is 22.5. The minimum Gasteiger partial charge on any atom is -0.481 e. The molecule has 1 fully saturated rings. The van der Waals surface area contributed by atoms with Crippen molar-refractivity contribution in [2.75, 3.05) is 18.5 Å². The van der Waals surface area contributed by atoms with Crippen LogP contribution in [0.1, 0.15) is 47.2 Å². The molecule has 3 rings (SSSR count). The van der Waals surface area contributed by atoms with Crippen LogP contribution in [-0.2, 0) is 22.6 Å². The van der Waals surface area contributed by atoms with Gasteiger partial charge in [-0.2, -0.15) is 10.2 Å². The molecular formula is C18H24N6O5. The van der Waals surface area contributed by atoms with Crippen molar-refractivity contribution < 1.29 is 24.2 Å². The Morgan fingerprint density at radius 1 is 1.34 bits per heavy atom. The summed E-state index contributed by atoms with van der Waals surface area (Å²) >= 11 is 0. The van der Waals surface area contributed by atoms with Gasteiger partial charge in [-0.1, -0.05) is 0 Å². The summed E-state index contributed by atoms with van der Waals surface area (Å²) in [5.74, 6) is -1.89. The van der Waals surface area contributed by atoms with Crippen LogP contribution in [0, 0.1) is 0 Å². The van der Waals surface area contributed by atoms with Crippen LogP contribution in [0.25, 0.3) is 0 Å². The second-order valence-electron chi connectivity index (χ2n) is 6.63. The first-order valence-corrected chi connectivity index (χ1v) is 9.50. The number of carboxylic acids is 1. The largest absolute Gasteiger partial charge is 0.481 e. The molecule has 0 spiro atoms. The fourth-order valence-corrected chi connectivity index (χ4v) is 3.03. The molecule has 2 aromatic rings. The zero-order chi connectivity index (χ0) is 20.8. The number of rotatable bonds is 9. The van der Waals surface area contributed by atoms with E-state index in [1.807, 2.05) is 6.92 Å². The number of aliphatic carboxylic acids is 1. The van der Waals surface area contributed by atoms with E-state index in [0.29, 0.717) is 19.7 Å². The predicted molar refractivity (Wildman–Crippen MR) is 102 cm³/mol. The second kappa shape index (κ2) is 9.32. The van der Waals surface area contributed by atoms with Crippen molar-refractivity contribution in [3.63, 3.8) is 0 Å². The summed E-state index contributed by atoms with van der Waals surface area (Å²) in [6.07, 6.45) is 4.70. The van der Waals surface area contributed by atoms with Crippen LogP contribution in [0.3, 0.4) is 0 Å². The van der Waals surface area contributed by atoms with E-state index < -0.39 is 17.8 Å². The Morgan fingerprint density at radius 2 is 2.17 bits per heavy atom. The topological polar surface area (TPSA) is 140 Å². The first-order chi connectivity index (χ1) is 14.0. The minimum absolute atomic E-state index is 0.00571. The number of carboxylic acid groups (broad SMARTS) is 1. The number of nitrogens with zero attached hydrogens (tertiary/aromatic N) is 4. The number of aryl methyl sites for hydroxylation is 2. The Morgan fingerprint density at radius 3 is 2.86 bits per heavy atom. The normalized spacial score (nSPS) is 16.0. The molecule has 1 aliphatic heterocycles. The van der Waals surface area contributed by atoms with Gasteiger partial charge in [0, 0.05) is 32.1 Å². The van der Waals surface area contributed by atoms with Gasteiger partial charge in [0.05, 0.1) is 24.8 Å². The number of hydrogen-bond acceptors (Lipinski definition) is 6. The van der Waals surface area contributed by atoms with Crippen molar-refractivity contribution in [2.45, 2.75) is 45.4 Å². The Balaban J connectivity index is 1.70. The maximum absolute atomic E-state index is 12.7. The monoisotopic (exact) mass is 404 g/mol. The molecule has 11 heteroatoms. The minimum atomic E-state index is -0.985. The van der Waals surface area contributed by atoms with Crippen molar-refractivity contribution in [1.29, 1.82) is 0 Å². The van der Waals surface area contributed by atoms with Crippen LogP contribution >= 0.6 is 0 Å². The number of carbonyl (C=O) groups is 3. The van der Waals surface area contributed by atoms with Crippen molar-refractivity contribution in [3.8, 4) is 0 Å². The first kappa shape index (κ1) is 20.5. The van der Waals surface area contributed by atoms with Gasteiger partial charge in [-0.05, 0) is 25.8 Å². The lowest BCUT2D eigenvalue weighted by Crippen LogP contribution is -2.32. The molecular weight excluding hydrogens is 380 g/mol.